The fraction of sp³-hybridized carbons (Fsp3) is 0.188. The van der Waals surface area contributed by atoms with E-state index >= 15 is 0 Å². The van der Waals surface area contributed by atoms with Crippen LogP contribution in [0.25, 0.3) is 16.7 Å². The maximum Gasteiger partial charge on any atom is 0.180 e. The van der Waals surface area contributed by atoms with Crippen LogP contribution in [0.4, 0.5) is 14.6 Å². The van der Waals surface area contributed by atoms with Crippen molar-refractivity contribution in [1.29, 1.82) is 0 Å². The highest BCUT2D eigenvalue weighted by Gasteiger charge is 2.12. The number of nitrogens with one attached hydrogen (secondary N) is 1. The molecule has 0 aliphatic heterocycles. The lowest BCUT2D eigenvalue weighted by Gasteiger charge is -2.10. The van der Waals surface area contributed by atoms with Gasteiger partial charge in [0.15, 0.2) is 23.1 Å². The Labute approximate surface area is 135 Å². The maximum atomic E-state index is 13.5. The van der Waals surface area contributed by atoms with Crippen molar-refractivity contribution in [2.24, 2.45) is 0 Å². The van der Waals surface area contributed by atoms with E-state index in [1.54, 1.807) is 29.3 Å². The smallest absolute Gasteiger partial charge is 0.180 e. The number of halogens is 2. The molecule has 0 bridgehead atoms. The molecule has 0 amide bonds. The average Bonchev–Trinajstić information content (AvgIpc) is 3.24. The van der Waals surface area contributed by atoms with Crippen molar-refractivity contribution < 1.29 is 8.78 Å². The van der Waals surface area contributed by atoms with Gasteiger partial charge in [0.25, 0.3) is 0 Å². The first-order chi connectivity index (χ1) is 11.7. The van der Waals surface area contributed by atoms with Crippen LogP contribution < -0.4 is 5.32 Å². The van der Waals surface area contributed by atoms with Crippen LogP contribution in [0.3, 0.4) is 0 Å². The zero-order valence-corrected chi connectivity index (χ0v) is 12.7. The Morgan fingerprint density at radius 1 is 1.08 bits per heavy atom. The molecule has 24 heavy (non-hydrogen) atoms. The fourth-order valence-corrected chi connectivity index (χ4v) is 2.66. The summed E-state index contributed by atoms with van der Waals surface area (Å²) in [7, 11) is 0. The van der Waals surface area contributed by atoms with Gasteiger partial charge in [-0.2, -0.15) is 0 Å². The van der Waals surface area contributed by atoms with Crippen LogP contribution in [0.15, 0.2) is 43.2 Å². The van der Waals surface area contributed by atoms with Gasteiger partial charge in [0.1, 0.15) is 0 Å². The highest BCUT2D eigenvalue weighted by molar-refractivity contribution is 5.82. The summed E-state index contributed by atoms with van der Waals surface area (Å²) in [6, 6.07) is 2.23. The van der Waals surface area contributed by atoms with Gasteiger partial charge in [0.05, 0.1) is 17.4 Å². The second kappa shape index (κ2) is 5.88. The van der Waals surface area contributed by atoms with Crippen LogP contribution in [0.2, 0.25) is 0 Å². The van der Waals surface area contributed by atoms with Crippen molar-refractivity contribution in [2.45, 2.75) is 13.0 Å². The van der Waals surface area contributed by atoms with Crippen LogP contribution in [0.5, 0.6) is 0 Å². The van der Waals surface area contributed by atoms with Crippen molar-refractivity contribution >= 4 is 22.5 Å². The van der Waals surface area contributed by atoms with E-state index in [-0.39, 0.29) is 0 Å². The Kier molecular flexibility index (Phi) is 3.56. The van der Waals surface area contributed by atoms with E-state index in [1.807, 2.05) is 10.8 Å². The van der Waals surface area contributed by atoms with E-state index < -0.39 is 11.6 Å². The Morgan fingerprint density at radius 3 is 2.79 bits per heavy atom. The minimum atomic E-state index is -0.916. The SMILES string of the molecule is Fc1cc2nc(NCCCn3ccnc3)c3nccn3c2cc1F. The molecular formula is C16H14F2N6. The molecule has 0 radical (unpaired) electrons. The first kappa shape index (κ1) is 14.6. The lowest BCUT2D eigenvalue weighted by atomic mass is 10.2. The molecule has 0 aliphatic rings. The molecule has 0 fully saturated rings. The van der Waals surface area contributed by atoms with Crippen molar-refractivity contribution in [3.8, 4) is 0 Å². The molecule has 1 N–H and O–H groups in total. The molecule has 6 nitrogen and oxygen atoms in total. The molecule has 0 saturated heterocycles. The molecule has 3 heterocycles. The summed E-state index contributed by atoms with van der Waals surface area (Å²) in [6.07, 6.45) is 9.57. The molecule has 0 atom stereocenters. The van der Waals surface area contributed by atoms with E-state index in [0.717, 1.165) is 25.1 Å². The summed E-state index contributed by atoms with van der Waals surface area (Å²) in [5.41, 5.74) is 1.43. The topological polar surface area (TPSA) is 60.0 Å². The van der Waals surface area contributed by atoms with Gasteiger partial charge in [-0.25, -0.2) is 23.7 Å². The summed E-state index contributed by atoms with van der Waals surface area (Å²) < 4.78 is 30.7. The van der Waals surface area contributed by atoms with Crippen molar-refractivity contribution in [2.75, 3.05) is 11.9 Å². The minimum Gasteiger partial charge on any atom is -0.367 e. The lowest BCUT2D eigenvalue weighted by molar-refractivity contribution is 0.510. The molecule has 0 saturated carbocycles. The van der Waals surface area contributed by atoms with Gasteiger partial charge in [-0.15, -0.1) is 0 Å². The number of rotatable bonds is 5. The summed E-state index contributed by atoms with van der Waals surface area (Å²) in [5.74, 6) is -1.27. The predicted octanol–water partition coefficient (Wildman–Crippen LogP) is 2.86. The summed E-state index contributed by atoms with van der Waals surface area (Å²) >= 11 is 0. The molecule has 0 aliphatic carbocycles. The van der Waals surface area contributed by atoms with E-state index in [9.17, 15) is 8.78 Å². The normalized spacial score (nSPS) is 11.4. The number of benzene rings is 1. The first-order valence-electron chi connectivity index (χ1n) is 7.54. The van der Waals surface area contributed by atoms with Gasteiger partial charge in [-0.3, -0.25) is 4.40 Å². The number of nitrogens with zero attached hydrogens (tertiary/aromatic N) is 5. The molecule has 1 aromatic carbocycles. The van der Waals surface area contributed by atoms with Crippen molar-refractivity contribution in [3.63, 3.8) is 0 Å². The second-order valence-corrected chi connectivity index (χ2v) is 5.42. The summed E-state index contributed by atoms with van der Waals surface area (Å²) in [6.45, 7) is 1.49. The number of hydrogen-bond donors (Lipinski definition) is 1. The molecule has 122 valence electrons. The lowest BCUT2D eigenvalue weighted by Crippen LogP contribution is -2.09. The zero-order valence-electron chi connectivity index (χ0n) is 12.7. The van der Waals surface area contributed by atoms with Gasteiger partial charge in [-0.1, -0.05) is 0 Å². The zero-order chi connectivity index (χ0) is 16.5. The van der Waals surface area contributed by atoms with Gasteiger partial charge in [0, 0.05) is 50.0 Å². The molecule has 8 heteroatoms. The number of anilines is 1. The molecule has 0 unspecified atom stereocenters. The summed E-state index contributed by atoms with van der Waals surface area (Å²) in [5, 5.41) is 3.22. The van der Waals surface area contributed by atoms with Crippen LogP contribution in [-0.4, -0.2) is 30.5 Å². The third-order valence-electron chi connectivity index (χ3n) is 3.81. The number of aryl methyl sites for hydroxylation is 1. The number of imidazole rings is 2. The Morgan fingerprint density at radius 2 is 1.96 bits per heavy atom. The number of hydrogen-bond acceptors (Lipinski definition) is 4. The van der Waals surface area contributed by atoms with Crippen LogP contribution >= 0.6 is 0 Å². The van der Waals surface area contributed by atoms with Gasteiger partial charge in [0.2, 0.25) is 0 Å². The van der Waals surface area contributed by atoms with Crippen LogP contribution in [0, 0.1) is 11.6 Å². The Hall–Kier alpha value is -3.03. The Balaban J connectivity index is 1.61. The highest BCUT2D eigenvalue weighted by Crippen LogP contribution is 2.22. The molecule has 4 aromatic rings. The third kappa shape index (κ3) is 2.55. The first-order valence-corrected chi connectivity index (χ1v) is 7.54. The van der Waals surface area contributed by atoms with Crippen molar-refractivity contribution in [3.05, 3.63) is 54.9 Å². The largest absolute Gasteiger partial charge is 0.367 e. The van der Waals surface area contributed by atoms with Crippen molar-refractivity contribution in [1.82, 2.24) is 23.9 Å². The van der Waals surface area contributed by atoms with Gasteiger partial charge >= 0.3 is 0 Å². The van der Waals surface area contributed by atoms with Gasteiger partial charge < -0.3 is 9.88 Å². The Bertz CT molecular complexity index is 993. The van der Waals surface area contributed by atoms with Gasteiger partial charge in [-0.05, 0) is 6.42 Å². The average molecular weight is 328 g/mol. The molecular weight excluding hydrogens is 314 g/mol. The second-order valence-electron chi connectivity index (χ2n) is 5.42. The standard InChI is InChI=1S/C16H14F2N6/c17-11-8-13-14(9-12(11)18)24-7-4-21-16(24)15(22-13)20-2-1-5-23-6-3-19-10-23/h3-4,6-10H,1-2,5H2,(H,20,22). The molecule has 0 spiro atoms. The third-order valence-corrected chi connectivity index (χ3v) is 3.81. The van der Waals surface area contributed by atoms with Crippen LogP contribution in [-0.2, 0) is 6.54 Å². The maximum absolute atomic E-state index is 13.5. The number of fused-ring (bicyclic) bond motifs is 3. The number of aromatic nitrogens is 5. The van der Waals surface area contributed by atoms with E-state index in [4.69, 9.17) is 0 Å². The minimum absolute atomic E-state index is 0.372. The van der Waals surface area contributed by atoms with E-state index in [1.165, 1.54) is 0 Å². The summed E-state index contributed by atoms with van der Waals surface area (Å²) in [4.78, 5) is 12.6. The molecule has 3 aromatic heterocycles. The monoisotopic (exact) mass is 328 g/mol. The van der Waals surface area contributed by atoms with E-state index in [2.05, 4.69) is 20.3 Å². The highest BCUT2D eigenvalue weighted by atomic mass is 19.2. The fourth-order valence-electron chi connectivity index (χ4n) is 2.66. The van der Waals surface area contributed by atoms with Crippen LogP contribution in [0.1, 0.15) is 6.42 Å². The molecule has 4 rings (SSSR count). The van der Waals surface area contributed by atoms with E-state index in [0.29, 0.717) is 29.0 Å². The predicted molar refractivity (Wildman–Crippen MR) is 85.7 cm³/mol. The quantitative estimate of drug-likeness (QED) is 0.572.